The van der Waals surface area contributed by atoms with Crippen LogP contribution in [-0.4, -0.2) is 54.9 Å². The van der Waals surface area contributed by atoms with Gasteiger partial charge in [-0.1, -0.05) is 18.2 Å². The van der Waals surface area contributed by atoms with Crippen molar-refractivity contribution in [1.82, 2.24) is 10.2 Å². The van der Waals surface area contributed by atoms with Gasteiger partial charge in [0.2, 0.25) is 5.91 Å². The number of hydrogen-bond donors (Lipinski definition) is 1. The molecule has 0 bridgehead atoms. The molecule has 3 aliphatic heterocycles. The number of hydrogen-bond acceptors (Lipinski definition) is 4. The molecule has 27 heavy (non-hydrogen) atoms. The quantitative estimate of drug-likeness (QED) is 0.858. The van der Waals surface area contributed by atoms with Crippen LogP contribution in [0.15, 0.2) is 24.3 Å². The first-order valence-electron chi connectivity index (χ1n) is 10.2. The summed E-state index contributed by atoms with van der Waals surface area (Å²) in [4.78, 5) is 14.4. The lowest BCUT2D eigenvalue weighted by atomic mass is 9.88. The second kappa shape index (κ2) is 8.25. The first-order valence-corrected chi connectivity index (χ1v) is 10.2. The zero-order valence-electron chi connectivity index (χ0n) is 15.8. The maximum Gasteiger partial charge on any atom is 0.249 e. The van der Waals surface area contributed by atoms with Crippen LogP contribution in [-0.2, 0) is 20.8 Å². The van der Waals surface area contributed by atoms with E-state index in [2.05, 4.69) is 10.2 Å². The highest BCUT2D eigenvalue weighted by molar-refractivity contribution is 5.80. The summed E-state index contributed by atoms with van der Waals surface area (Å²) >= 11 is 0. The molecule has 3 aliphatic rings. The Morgan fingerprint density at radius 2 is 2.04 bits per heavy atom. The summed E-state index contributed by atoms with van der Waals surface area (Å²) < 4.78 is 25.7. The average molecular weight is 376 g/mol. The first kappa shape index (κ1) is 18.8. The van der Waals surface area contributed by atoms with Crippen molar-refractivity contribution in [2.24, 2.45) is 0 Å². The number of halogens is 1. The van der Waals surface area contributed by atoms with Crippen LogP contribution in [0.3, 0.4) is 0 Å². The molecule has 1 N–H and O–H groups in total. The summed E-state index contributed by atoms with van der Waals surface area (Å²) in [5.74, 6) is -0.131. The van der Waals surface area contributed by atoms with Crippen LogP contribution < -0.4 is 5.32 Å². The highest BCUT2D eigenvalue weighted by Gasteiger charge is 2.42. The average Bonchev–Trinajstić information content (AvgIpc) is 3.35. The van der Waals surface area contributed by atoms with E-state index in [1.807, 2.05) is 12.1 Å². The minimum Gasteiger partial charge on any atom is -0.370 e. The number of carbonyl (C=O) groups is 1. The molecule has 148 valence electrons. The lowest BCUT2D eigenvalue weighted by molar-refractivity contribution is -0.131. The van der Waals surface area contributed by atoms with Crippen LogP contribution in [0.25, 0.3) is 0 Å². The molecular weight excluding hydrogens is 347 g/mol. The Bertz CT molecular complexity index is 655. The zero-order chi connectivity index (χ0) is 18.7. The fourth-order valence-corrected chi connectivity index (χ4v) is 4.51. The van der Waals surface area contributed by atoms with Crippen LogP contribution in [0.2, 0.25) is 0 Å². The highest BCUT2D eigenvalue weighted by Crippen LogP contribution is 2.39. The van der Waals surface area contributed by atoms with Gasteiger partial charge in [0.25, 0.3) is 0 Å². The number of amides is 1. The summed E-state index contributed by atoms with van der Waals surface area (Å²) in [6.45, 7) is 3.75. The van der Waals surface area contributed by atoms with Crippen molar-refractivity contribution < 1.29 is 18.7 Å². The summed E-state index contributed by atoms with van der Waals surface area (Å²) in [6, 6.07) is 7.00. The normalized spacial score (nSPS) is 27.9. The van der Waals surface area contributed by atoms with Crippen molar-refractivity contribution in [2.45, 2.75) is 62.9 Å². The summed E-state index contributed by atoms with van der Waals surface area (Å²) in [5.41, 5.74) is 0.695. The Morgan fingerprint density at radius 1 is 1.22 bits per heavy atom. The third kappa shape index (κ3) is 4.50. The molecule has 0 saturated carbocycles. The zero-order valence-corrected chi connectivity index (χ0v) is 15.8. The number of rotatable bonds is 5. The van der Waals surface area contributed by atoms with E-state index in [1.165, 1.54) is 6.07 Å². The molecule has 0 aliphatic carbocycles. The minimum absolute atomic E-state index is 0.00300. The molecule has 2 atom stereocenters. The van der Waals surface area contributed by atoms with Crippen molar-refractivity contribution in [3.8, 4) is 0 Å². The van der Waals surface area contributed by atoms with Crippen LogP contribution in [0, 0.1) is 5.82 Å². The lowest BCUT2D eigenvalue weighted by Crippen LogP contribution is -2.45. The van der Waals surface area contributed by atoms with Gasteiger partial charge < -0.3 is 14.8 Å². The largest absolute Gasteiger partial charge is 0.370 e. The Balaban J connectivity index is 1.22. The molecule has 1 aromatic carbocycles. The molecule has 0 aromatic heterocycles. The number of piperidine rings is 1. The smallest absolute Gasteiger partial charge is 0.249 e. The third-order valence-electron chi connectivity index (χ3n) is 6.18. The molecule has 0 radical (unpaired) electrons. The van der Waals surface area contributed by atoms with Gasteiger partial charge in [-0.15, -0.1) is 0 Å². The van der Waals surface area contributed by atoms with E-state index in [0.717, 1.165) is 57.2 Å². The van der Waals surface area contributed by atoms with Gasteiger partial charge >= 0.3 is 0 Å². The van der Waals surface area contributed by atoms with E-state index >= 15 is 0 Å². The van der Waals surface area contributed by atoms with Crippen LogP contribution in [0.5, 0.6) is 0 Å². The van der Waals surface area contributed by atoms with Gasteiger partial charge in [-0.2, -0.15) is 0 Å². The highest BCUT2D eigenvalue weighted by atomic mass is 19.1. The number of benzene rings is 1. The van der Waals surface area contributed by atoms with Crippen molar-refractivity contribution >= 4 is 5.91 Å². The Morgan fingerprint density at radius 3 is 2.78 bits per heavy atom. The van der Waals surface area contributed by atoms with Crippen molar-refractivity contribution in [2.75, 3.05) is 26.2 Å². The van der Waals surface area contributed by atoms with E-state index in [-0.39, 0.29) is 29.5 Å². The molecule has 4 rings (SSSR count). The molecule has 3 fully saturated rings. The molecule has 6 heteroatoms. The van der Waals surface area contributed by atoms with Crippen LogP contribution >= 0.6 is 0 Å². The van der Waals surface area contributed by atoms with Crippen LogP contribution in [0.4, 0.5) is 4.39 Å². The van der Waals surface area contributed by atoms with E-state index in [4.69, 9.17) is 9.47 Å². The SMILES string of the molecule is O=C(NC[C@H]1CCC2(CCN(Cc3ccccc3F)CC2)O1)[C@H]1CCCO1. The summed E-state index contributed by atoms with van der Waals surface area (Å²) in [6.07, 6.45) is 5.56. The maximum atomic E-state index is 13.9. The number of nitrogens with zero attached hydrogens (tertiary/aromatic N) is 1. The van der Waals surface area contributed by atoms with Gasteiger partial charge in [0.15, 0.2) is 0 Å². The molecule has 0 unspecified atom stereocenters. The van der Waals surface area contributed by atoms with E-state index < -0.39 is 0 Å². The molecule has 5 nitrogen and oxygen atoms in total. The van der Waals surface area contributed by atoms with Gasteiger partial charge in [-0.05, 0) is 44.6 Å². The molecule has 1 spiro atoms. The number of ether oxygens (including phenoxy) is 2. The van der Waals surface area contributed by atoms with Gasteiger partial charge in [0.05, 0.1) is 11.7 Å². The predicted octanol–water partition coefficient (Wildman–Crippen LogP) is 2.63. The fourth-order valence-electron chi connectivity index (χ4n) is 4.51. The third-order valence-corrected chi connectivity index (χ3v) is 6.18. The van der Waals surface area contributed by atoms with E-state index in [0.29, 0.717) is 19.7 Å². The summed E-state index contributed by atoms with van der Waals surface area (Å²) in [5, 5.41) is 3.00. The number of carbonyl (C=O) groups excluding carboxylic acids is 1. The summed E-state index contributed by atoms with van der Waals surface area (Å²) in [7, 11) is 0. The van der Waals surface area contributed by atoms with Crippen molar-refractivity contribution in [3.63, 3.8) is 0 Å². The Labute approximate surface area is 160 Å². The monoisotopic (exact) mass is 376 g/mol. The Hall–Kier alpha value is -1.50. The van der Waals surface area contributed by atoms with Gasteiger partial charge in [-0.3, -0.25) is 9.69 Å². The second-order valence-corrected chi connectivity index (χ2v) is 8.08. The molecule has 1 aromatic rings. The molecule has 1 amide bonds. The minimum atomic E-state index is -0.276. The second-order valence-electron chi connectivity index (χ2n) is 8.08. The van der Waals surface area contributed by atoms with Crippen molar-refractivity contribution in [3.05, 3.63) is 35.6 Å². The van der Waals surface area contributed by atoms with Gasteiger partial charge in [-0.25, -0.2) is 4.39 Å². The van der Waals surface area contributed by atoms with Crippen molar-refractivity contribution in [1.29, 1.82) is 0 Å². The Kier molecular flexibility index (Phi) is 5.76. The van der Waals surface area contributed by atoms with E-state index in [1.54, 1.807) is 6.07 Å². The topological polar surface area (TPSA) is 50.8 Å². The molecule has 3 heterocycles. The van der Waals surface area contributed by atoms with E-state index in [9.17, 15) is 9.18 Å². The number of nitrogens with one attached hydrogen (secondary N) is 1. The molecule has 3 saturated heterocycles. The standard InChI is InChI=1S/C21H29FN2O3/c22-18-5-2-1-4-16(18)15-24-11-9-21(10-12-24)8-7-17(27-21)14-23-20(25)19-6-3-13-26-19/h1-2,4-5,17,19H,3,6-15H2,(H,23,25)/t17-,19-/m1/s1. The van der Waals surface area contributed by atoms with Gasteiger partial charge in [0.1, 0.15) is 11.9 Å². The maximum absolute atomic E-state index is 13.9. The van der Waals surface area contributed by atoms with Crippen LogP contribution in [0.1, 0.15) is 44.1 Å². The first-order chi connectivity index (χ1) is 13.1. The molecular formula is C21H29FN2O3. The lowest BCUT2D eigenvalue weighted by Gasteiger charge is -2.39. The number of likely N-dealkylation sites (tertiary alicyclic amines) is 1. The van der Waals surface area contributed by atoms with Gasteiger partial charge in [0, 0.05) is 38.3 Å². The predicted molar refractivity (Wildman–Crippen MR) is 99.7 cm³/mol. The fraction of sp³-hybridized carbons (Fsp3) is 0.667.